The summed E-state index contributed by atoms with van der Waals surface area (Å²) in [5.41, 5.74) is 0. The SMILES string of the molecule is CCCCCOC1OCCCC1CCCCC. The molecule has 1 fully saturated rings. The van der Waals surface area contributed by atoms with Gasteiger partial charge in [-0.25, -0.2) is 0 Å². The summed E-state index contributed by atoms with van der Waals surface area (Å²) in [6, 6.07) is 0. The normalized spacial score (nSPS) is 25.1. The summed E-state index contributed by atoms with van der Waals surface area (Å²) in [6.07, 6.45) is 11.6. The van der Waals surface area contributed by atoms with E-state index in [9.17, 15) is 0 Å². The fourth-order valence-electron chi connectivity index (χ4n) is 2.49. The Balaban J connectivity index is 2.17. The molecule has 2 heteroatoms. The Bertz CT molecular complexity index is 170. The maximum absolute atomic E-state index is 5.91. The number of ether oxygens (including phenoxy) is 2. The molecule has 0 bridgehead atoms. The molecule has 0 aromatic heterocycles. The molecule has 2 nitrogen and oxygen atoms in total. The second kappa shape index (κ2) is 9.90. The van der Waals surface area contributed by atoms with Gasteiger partial charge in [-0.2, -0.15) is 0 Å². The van der Waals surface area contributed by atoms with Crippen molar-refractivity contribution < 1.29 is 9.47 Å². The Morgan fingerprint density at radius 2 is 1.82 bits per heavy atom. The van der Waals surface area contributed by atoms with Crippen molar-refractivity contribution in [3.63, 3.8) is 0 Å². The van der Waals surface area contributed by atoms with Gasteiger partial charge in [0.2, 0.25) is 0 Å². The first kappa shape index (κ1) is 15.0. The van der Waals surface area contributed by atoms with Crippen molar-refractivity contribution in [2.45, 2.75) is 77.9 Å². The van der Waals surface area contributed by atoms with Crippen molar-refractivity contribution in [1.82, 2.24) is 0 Å². The second-order valence-corrected chi connectivity index (χ2v) is 5.22. The third-order valence-electron chi connectivity index (χ3n) is 3.59. The van der Waals surface area contributed by atoms with Crippen LogP contribution in [0.1, 0.15) is 71.6 Å². The average molecular weight is 242 g/mol. The van der Waals surface area contributed by atoms with Crippen LogP contribution in [0.4, 0.5) is 0 Å². The van der Waals surface area contributed by atoms with E-state index in [2.05, 4.69) is 13.8 Å². The highest BCUT2D eigenvalue weighted by Gasteiger charge is 2.25. The van der Waals surface area contributed by atoms with Crippen LogP contribution in [0.25, 0.3) is 0 Å². The van der Waals surface area contributed by atoms with Gasteiger partial charge in [0.25, 0.3) is 0 Å². The smallest absolute Gasteiger partial charge is 0.160 e. The van der Waals surface area contributed by atoms with E-state index < -0.39 is 0 Å². The molecular formula is C15H30O2. The van der Waals surface area contributed by atoms with Crippen LogP contribution in [0.3, 0.4) is 0 Å². The number of unbranched alkanes of at least 4 members (excludes halogenated alkanes) is 4. The highest BCUT2D eigenvalue weighted by atomic mass is 16.7. The Morgan fingerprint density at radius 1 is 1.06 bits per heavy atom. The molecule has 0 amide bonds. The van der Waals surface area contributed by atoms with Crippen molar-refractivity contribution in [2.75, 3.05) is 13.2 Å². The van der Waals surface area contributed by atoms with Gasteiger partial charge in [-0.3, -0.25) is 0 Å². The average Bonchev–Trinajstić information content (AvgIpc) is 2.36. The molecule has 0 N–H and O–H groups in total. The molecule has 0 saturated carbocycles. The van der Waals surface area contributed by atoms with E-state index in [1.165, 1.54) is 57.8 Å². The molecule has 1 rings (SSSR count). The van der Waals surface area contributed by atoms with Crippen LogP contribution in [0.2, 0.25) is 0 Å². The van der Waals surface area contributed by atoms with Crippen LogP contribution < -0.4 is 0 Å². The second-order valence-electron chi connectivity index (χ2n) is 5.22. The van der Waals surface area contributed by atoms with Gasteiger partial charge >= 0.3 is 0 Å². The van der Waals surface area contributed by atoms with Crippen molar-refractivity contribution in [3.05, 3.63) is 0 Å². The zero-order valence-electron chi connectivity index (χ0n) is 11.7. The predicted octanol–water partition coefficient (Wildman–Crippen LogP) is 4.53. The molecule has 0 spiro atoms. The Hall–Kier alpha value is -0.0800. The first-order valence-electron chi connectivity index (χ1n) is 7.61. The lowest BCUT2D eigenvalue weighted by Gasteiger charge is -2.31. The molecule has 17 heavy (non-hydrogen) atoms. The lowest BCUT2D eigenvalue weighted by Crippen LogP contribution is -2.32. The predicted molar refractivity (Wildman–Crippen MR) is 72.1 cm³/mol. The van der Waals surface area contributed by atoms with Gasteiger partial charge in [0.1, 0.15) is 0 Å². The topological polar surface area (TPSA) is 18.5 Å². The lowest BCUT2D eigenvalue weighted by atomic mass is 9.94. The minimum atomic E-state index is 0.0949. The highest BCUT2D eigenvalue weighted by molar-refractivity contribution is 4.68. The first-order chi connectivity index (χ1) is 8.38. The molecule has 1 saturated heterocycles. The molecule has 0 aliphatic carbocycles. The quantitative estimate of drug-likeness (QED) is 0.553. The van der Waals surface area contributed by atoms with E-state index >= 15 is 0 Å². The summed E-state index contributed by atoms with van der Waals surface area (Å²) in [5, 5.41) is 0. The number of rotatable bonds is 9. The van der Waals surface area contributed by atoms with E-state index in [1.807, 2.05) is 0 Å². The van der Waals surface area contributed by atoms with E-state index in [0.717, 1.165) is 13.2 Å². The van der Waals surface area contributed by atoms with Crippen molar-refractivity contribution in [2.24, 2.45) is 5.92 Å². The van der Waals surface area contributed by atoms with Gasteiger partial charge in [-0.05, 0) is 25.7 Å². The maximum Gasteiger partial charge on any atom is 0.160 e. The summed E-state index contributed by atoms with van der Waals surface area (Å²) in [7, 11) is 0. The minimum Gasteiger partial charge on any atom is -0.352 e. The zero-order valence-corrected chi connectivity index (χ0v) is 11.7. The lowest BCUT2D eigenvalue weighted by molar-refractivity contribution is -0.194. The molecule has 2 unspecified atom stereocenters. The van der Waals surface area contributed by atoms with E-state index in [1.54, 1.807) is 0 Å². The molecule has 0 aromatic carbocycles. The van der Waals surface area contributed by atoms with Gasteiger partial charge < -0.3 is 9.47 Å². The molecule has 1 aliphatic rings. The molecule has 102 valence electrons. The Kier molecular flexibility index (Phi) is 8.72. The molecule has 0 aromatic rings. The first-order valence-corrected chi connectivity index (χ1v) is 7.61. The fourth-order valence-corrected chi connectivity index (χ4v) is 2.49. The molecule has 1 heterocycles. The van der Waals surface area contributed by atoms with E-state index in [-0.39, 0.29) is 6.29 Å². The van der Waals surface area contributed by atoms with Crippen LogP contribution in [0, 0.1) is 5.92 Å². The highest BCUT2D eigenvalue weighted by Crippen LogP contribution is 2.27. The Labute approximate surface area is 107 Å². The van der Waals surface area contributed by atoms with Gasteiger partial charge in [-0.1, -0.05) is 46.0 Å². The van der Waals surface area contributed by atoms with Crippen molar-refractivity contribution >= 4 is 0 Å². The summed E-state index contributed by atoms with van der Waals surface area (Å²) in [4.78, 5) is 0. The third-order valence-corrected chi connectivity index (χ3v) is 3.59. The standard InChI is InChI=1S/C15H30O2/c1-3-5-7-10-14-11-9-13-17-15(14)16-12-8-6-4-2/h14-15H,3-13H2,1-2H3. The molecule has 2 atom stereocenters. The molecule has 1 aliphatic heterocycles. The summed E-state index contributed by atoms with van der Waals surface area (Å²) in [5.74, 6) is 0.650. The summed E-state index contributed by atoms with van der Waals surface area (Å²) in [6.45, 7) is 6.26. The summed E-state index contributed by atoms with van der Waals surface area (Å²) < 4.78 is 11.7. The van der Waals surface area contributed by atoms with Crippen LogP contribution in [0.15, 0.2) is 0 Å². The van der Waals surface area contributed by atoms with Crippen LogP contribution in [-0.4, -0.2) is 19.5 Å². The zero-order chi connectivity index (χ0) is 12.3. The molecule has 0 radical (unpaired) electrons. The fraction of sp³-hybridized carbons (Fsp3) is 1.00. The third kappa shape index (κ3) is 6.42. The van der Waals surface area contributed by atoms with Gasteiger partial charge in [0, 0.05) is 19.1 Å². The van der Waals surface area contributed by atoms with E-state index in [4.69, 9.17) is 9.47 Å². The number of hydrogen-bond acceptors (Lipinski definition) is 2. The van der Waals surface area contributed by atoms with Gasteiger partial charge in [0.15, 0.2) is 6.29 Å². The van der Waals surface area contributed by atoms with Gasteiger partial charge in [-0.15, -0.1) is 0 Å². The van der Waals surface area contributed by atoms with Crippen LogP contribution in [0.5, 0.6) is 0 Å². The molecular weight excluding hydrogens is 212 g/mol. The van der Waals surface area contributed by atoms with Crippen LogP contribution >= 0.6 is 0 Å². The van der Waals surface area contributed by atoms with Crippen molar-refractivity contribution in [3.8, 4) is 0 Å². The monoisotopic (exact) mass is 242 g/mol. The summed E-state index contributed by atoms with van der Waals surface area (Å²) >= 11 is 0. The van der Waals surface area contributed by atoms with E-state index in [0.29, 0.717) is 5.92 Å². The Morgan fingerprint density at radius 3 is 2.59 bits per heavy atom. The van der Waals surface area contributed by atoms with Crippen molar-refractivity contribution in [1.29, 1.82) is 0 Å². The largest absolute Gasteiger partial charge is 0.352 e. The van der Waals surface area contributed by atoms with Gasteiger partial charge in [0.05, 0.1) is 0 Å². The maximum atomic E-state index is 5.91. The number of hydrogen-bond donors (Lipinski definition) is 0. The van der Waals surface area contributed by atoms with Crippen LogP contribution in [-0.2, 0) is 9.47 Å². The minimum absolute atomic E-state index is 0.0949.